The lowest BCUT2D eigenvalue weighted by molar-refractivity contribution is -0.120. The number of nitrogens with one attached hydrogen (secondary N) is 2. The van der Waals surface area contributed by atoms with E-state index in [0.29, 0.717) is 11.7 Å². The minimum atomic E-state index is -0.492. The van der Waals surface area contributed by atoms with Crippen LogP contribution in [0.2, 0.25) is 0 Å². The van der Waals surface area contributed by atoms with E-state index in [1.54, 1.807) is 16.8 Å². The van der Waals surface area contributed by atoms with Crippen molar-refractivity contribution in [2.75, 3.05) is 6.54 Å². The van der Waals surface area contributed by atoms with Crippen LogP contribution in [0, 0.1) is 5.82 Å². The van der Waals surface area contributed by atoms with Gasteiger partial charge in [0.05, 0.1) is 36.4 Å². The van der Waals surface area contributed by atoms with Crippen molar-refractivity contribution < 1.29 is 14.0 Å². The maximum Gasteiger partial charge on any atom is 0.253 e. The van der Waals surface area contributed by atoms with E-state index in [-0.39, 0.29) is 35.5 Å². The molecule has 0 spiro atoms. The highest BCUT2D eigenvalue weighted by atomic mass is 19.1. The van der Waals surface area contributed by atoms with Crippen LogP contribution in [0.4, 0.5) is 4.39 Å². The van der Waals surface area contributed by atoms with E-state index >= 15 is 0 Å². The SMILES string of the molecule is O=C(CNC(=O)c1ccc(F)c2cccnc12)NCc1cn(C2CC2)nn1. The Morgan fingerprint density at radius 2 is 2.07 bits per heavy atom. The van der Waals surface area contributed by atoms with Crippen LogP contribution in [0.25, 0.3) is 10.9 Å². The summed E-state index contributed by atoms with van der Waals surface area (Å²) in [5.41, 5.74) is 1.13. The number of halogens is 1. The fraction of sp³-hybridized carbons (Fsp3) is 0.278. The van der Waals surface area contributed by atoms with Crippen molar-refractivity contribution >= 4 is 22.7 Å². The van der Waals surface area contributed by atoms with Gasteiger partial charge in [-0.1, -0.05) is 5.21 Å². The van der Waals surface area contributed by atoms with Crippen molar-refractivity contribution in [3.05, 3.63) is 53.7 Å². The van der Waals surface area contributed by atoms with E-state index in [2.05, 4.69) is 25.9 Å². The quantitative estimate of drug-likeness (QED) is 0.684. The molecule has 1 aliphatic rings. The molecule has 0 bridgehead atoms. The molecule has 2 aromatic heterocycles. The smallest absolute Gasteiger partial charge is 0.253 e. The van der Waals surface area contributed by atoms with Crippen LogP contribution in [-0.4, -0.2) is 38.3 Å². The van der Waals surface area contributed by atoms with Gasteiger partial charge < -0.3 is 10.6 Å². The second-order valence-electron chi connectivity index (χ2n) is 6.37. The van der Waals surface area contributed by atoms with Crippen LogP contribution in [0.5, 0.6) is 0 Å². The van der Waals surface area contributed by atoms with Crippen molar-refractivity contribution in [1.29, 1.82) is 0 Å². The number of carbonyl (C=O) groups excluding carboxylic acids is 2. The molecule has 27 heavy (non-hydrogen) atoms. The van der Waals surface area contributed by atoms with Crippen molar-refractivity contribution in [2.45, 2.75) is 25.4 Å². The molecule has 8 nitrogen and oxygen atoms in total. The molecular formula is C18H17FN6O2. The first-order valence-electron chi connectivity index (χ1n) is 8.60. The van der Waals surface area contributed by atoms with Crippen LogP contribution in [0.1, 0.15) is 34.9 Å². The molecule has 0 atom stereocenters. The lowest BCUT2D eigenvalue weighted by Crippen LogP contribution is -2.36. The number of rotatable bonds is 6. The van der Waals surface area contributed by atoms with Crippen molar-refractivity contribution in [2.24, 2.45) is 0 Å². The Morgan fingerprint density at radius 1 is 1.22 bits per heavy atom. The second kappa shape index (κ2) is 7.10. The van der Waals surface area contributed by atoms with Crippen molar-refractivity contribution in [3.63, 3.8) is 0 Å². The Balaban J connectivity index is 1.33. The Labute approximate surface area is 153 Å². The highest BCUT2D eigenvalue weighted by Gasteiger charge is 2.24. The standard InChI is InChI=1S/C18H17FN6O2/c19-15-6-5-14(17-13(15)2-1-7-20-17)18(27)22-9-16(26)21-8-11-10-25(24-23-11)12-3-4-12/h1-2,5-7,10,12H,3-4,8-9H2,(H,21,26)(H,22,27). The number of hydrogen-bond donors (Lipinski definition) is 2. The molecule has 0 radical (unpaired) electrons. The molecule has 0 unspecified atom stereocenters. The first-order chi connectivity index (χ1) is 13.1. The zero-order valence-corrected chi connectivity index (χ0v) is 14.4. The number of pyridine rings is 1. The minimum Gasteiger partial charge on any atom is -0.349 e. The largest absolute Gasteiger partial charge is 0.349 e. The third-order valence-corrected chi connectivity index (χ3v) is 4.32. The first-order valence-corrected chi connectivity index (χ1v) is 8.60. The average molecular weight is 368 g/mol. The molecule has 0 aliphatic heterocycles. The predicted octanol–water partition coefficient (Wildman–Crippen LogP) is 1.35. The highest BCUT2D eigenvalue weighted by molar-refractivity contribution is 6.06. The highest BCUT2D eigenvalue weighted by Crippen LogP contribution is 2.33. The molecule has 9 heteroatoms. The Bertz CT molecular complexity index is 1010. The molecule has 1 aromatic carbocycles. The summed E-state index contributed by atoms with van der Waals surface area (Å²) in [5, 5.41) is 13.5. The summed E-state index contributed by atoms with van der Waals surface area (Å²) in [6.45, 7) is 0.0315. The van der Waals surface area contributed by atoms with Gasteiger partial charge in [-0.25, -0.2) is 9.07 Å². The summed E-state index contributed by atoms with van der Waals surface area (Å²) >= 11 is 0. The van der Waals surface area contributed by atoms with E-state index in [4.69, 9.17) is 0 Å². The summed E-state index contributed by atoms with van der Waals surface area (Å²) in [6, 6.07) is 6.15. The lowest BCUT2D eigenvalue weighted by Gasteiger charge is -2.08. The minimum absolute atomic E-state index is 0.207. The molecule has 1 fully saturated rings. The zero-order chi connectivity index (χ0) is 18.8. The maximum atomic E-state index is 13.8. The van der Waals surface area contributed by atoms with E-state index in [1.165, 1.54) is 18.3 Å². The second-order valence-corrected chi connectivity index (χ2v) is 6.37. The topological polar surface area (TPSA) is 102 Å². The van der Waals surface area contributed by atoms with Gasteiger partial charge in [-0.2, -0.15) is 0 Å². The van der Waals surface area contributed by atoms with E-state index < -0.39 is 11.7 Å². The monoisotopic (exact) mass is 368 g/mol. The van der Waals surface area contributed by atoms with E-state index in [9.17, 15) is 14.0 Å². The molecular weight excluding hydrogens is 351 g/mol. The first kappa shape index (κ1) is 17.1. The number of nitrogens with zero attached hydrogens (tertiary/aromatic N) is 4. The van der Waals surface area contributed by atoms with Gasteiger partial charge in [0, 0.05) is 11.6 Å². The van der Waals surface area contributed by atoms with Crippen molar-refractivity contribution in [3.8, 4) is 0 Å². The number of amides is 2. The van der Waals surface area contributed by atoms with Gasteiger partial charge in [-0.05, 0) is 37.1 Å². The summed E-state index contributed by atoms with van der Waals surface area (Å²) in [5.74, 6) is -1.30. The third kappa shape index (κ3) is 3.76. The van der Waals surface area contributed by atoms with E-state index in [1.807, 2.05) is 6.20 Å². The van der Waals surface area contributed by atoms with Crippen LogP contribution in [-0.2, 0) is 11.3 Å². The van der Waals surface area contributed by atoms with Crippen molar-refractivity contribution in [1.82, 2.24) is 30.6 Å². The number of hydrogen-bond acceptors (Lipinski definition) is 5. The normalized spacial score (nSPS) is 13.5. The zero-order valence-electron chi connectivity index (χ0n) is 14.4. The van der Waals surface area contributed by atoms with Gasteiger partial charge in [0.15, 0.2) is 0 Å². The summed E-state index contributed by atoms with van der Waals surface area (Å²) in [6.07, 6.45) is 5.51. The van der Waals surface area contributed by atoms with E-state index in [0.717, 1.165) is 12.8 Å². The fourth-order valence-corrected chi connectivity index (χ4v) is 2.74. The molecule has 138 valence electrons. The number of benzene rings is 1. The Morgan fingerprint density at radius 3 is 2.89 bits per heavy atom. The van der Waals surface area contributed by atoms with Gasteiger partial charge >= 0.3 is 0 Å². The molecule has 4 rings (SSSR count). The summed E-state index contributed by atoms with van der Waals surface area (Å²) in [7, 11) is 0. The lowest BCUT2D eigenvalue weighted by atomic mass is 10.1. The molecule has 2 heterocycles. The van der Waals surface area contributed by atoms with Gasteiger partial charge in [0.2, 0.25) is 5.91 Å². The van der Waals surface area contributed by atoms with Crippen LogP contribution in [0.15, 0.2) is 36.7 Å². The van der Waals surface area contributed by atoms with Crippen LogP contribution in [0.3, 0.4) is 0 Å². The summed E-state index contributed by atoms with van der Waals surface area (Å²) < 4.78 is 15.6. The summed E-state index contributed by atoms with van der Waals surface area (Å²) in [4.78, 5) is 28.4. The molecule has 0 saturated heterocycles. The van der Waals surface area contributed by atoms with Gasteiger partial charge in [-0.15, -0.1) is 5.10 Å². The molecule has 3 aromatic rings. The fourth-order valence-electron chi connectivity index (χ4n) is 2.74. The number of aromatic nitrogens is 4. The molecule has 2 N–H and O–H groups in total. The van der Waals surface area contributed by atoms with Gasteiger partial charge in [0.1, 0.15) is 11.5 Å². The van der Waals surface area contributed by atoms with Gasteiger partial charge in [-0.3, -0.25) is 14.6 Å². The number of carbonyl (C=O) groups is 2. The molecule has 1 aliphatic carbocycles. The molecule has 2 amide bonds. The molecule has 1 saturated carbocycles. The maximum absolute atomic E-state index is 13.8. The predicted molar refractivity (Wildman–Crippen MR) is 94.2 cm³/mol. The van der Waals surface area contributed by atoms with Gasteiger partial charge in [0.25, 0.3) is 5.91 Å². The number of fused-ring (bicyclic) bond motifs is 1. The Kier molecular flexibility index (Phi) is 4.49. The average Bonchev–Trinajstić information content (AvgIpc) is 3.43. The van der Waals surface area contributed by atoms with Crippen LogP contribution < -0.4 is 10.6 Å². The van der Waals surface area contributed by atoms with Crippen LogP contribution >= 0.6 is 0 Å². The third-order valence-electron chi connectivity index (χ3n) is 4.32. The Hall–Kier alpha value is -3.36.